The zero-order chi connectivity index (χ0) is 15.6. The van der Waals surface area contributed by atoms with Crippen molar-refractivity contribution in [2.45, 2.75) is 32.9 Å². The first-order valence-corrected chi connectivity index (χ1v) is 7.58. The number of nitrogens with zero attached hydrogens (tertiary/aromatic N) is 2. The lowest BCUT2D eigenvalue weighted by atomic mass is 10.0. The van der Waals surface area contributed by atoms with Gasteiger partial charge >= 0.3 is 0 Å². The van der Waals surface area contributed by atoms with Gasteiger partial charge in [0.1, 0.15) is 5.82 Å². The number of aryl methyl sites for hydroxylation is 2. The third kappa shape index (κ3) is 3.23. The lowest BCUT2D eigenvalue weighted by Gasteiger charge is -2.19. The van der Waals surface area contributed by atoms with Crippen LogP contribution in [0.4, 0.5) is 4.39 Å². The monoisotopic (exact) mass is 329 g/mol. The van der Waals surface area contributed by atoms with Gasteiger partial charge in [-0.2, -0.15) is 5.10 Å². The zero-order valence-corrected chi connectivity index (χ0v) is 13.8. The van der Waals surface area contributed by atoms with Crippen molar-refractivity contribution in [1.29, 1.82) is 0 Å². The third-order valence-corrected chi connectivity index (χ3v) is 4.37. The van der Waals surface area contributed by atoms with E-state index in [0.29, 0.717) is 28.6 Å². The predicted octanol–water partition coefficient (Wildman–Crippen LogP) is 4.16. The number of hydrogen-bond acceptors (Lipinski definition) is 2. The Bertz CT molecular complexity index is 620. The molecule has 3 nitrogen and oxygen atoms in total. The fraction of sp³-hybridized carbons (Fsp3) is 0.400. The number of benzene rings is 1. The van der Waals surface area contributed by atoms with Crippen molar-refractivity contribution >= 4 is 23.2 Å². The van der Waals surface area contributed by atoms with Crippen LogP contribution in [0.1, 0.15) is 29.9 Å². The molecule has 114 valence electrons. The minimum Gasteiger partial charge on any atom is -0.313 e. The molecule has 1 aromatic heterocycles. The van der Waals surface area contributed by atoms with Crippen molar-refractivity contribution in [3.8, 4) is 0 Å². The molecule has 0 aliphatic carbocycles. The predicted molar refractivity (Wildman–Crippen MR) is 84.6 cm³/mol. The highest BCUT2D eigenvalue weighted by molar-refractivity contribution is 6.32. The molecule has 1 atom stereocenters. The van der Waals surface area contributed by atoms with Crippen LogP contribution in [0.5, 0.6) is 0 Å². The average molecular weight is 330 g/mol. The summed E-state index contributed by atoms with van der Waals surface area (Å²) in [5, 5.41) is 8.53. The summed E-state index contributed by atoms with van der Waals surface area (Å²) in [6, 6.07) is 4.43. The van der Waals surface area contributed by atoms with Crippen molar-refractivity contribution in [2.75, 3.05) is 7.05 Å². The molecule has 1 aromatic carbocycles. The SMILES string of the molecule is CCn1nc(C)c(Cl)c1CC(NC)c1c(F)cccc1Cl. The Kier molecular flexibility index (Phi) is 5.25. The second-order valence-electron chi connectivity index (χ2n) is 4.84. The van der Waals surface area contributed by atoms with Crippen LogP contribution >= 0.6 is 23.2 Å². The van der Waals surface area contributed by atoms with Crippen molar-refractivity contribution in [3.63, 3.8) is 0 Å². The fourth-order valence-corrected chi connectivity index (χ4v) is 2.96. The van der Waals surface area contributed by atoms with Gasteiger partial charge in [-0.25, -0.2) is 4.39 Å². The molecule has 0 bridgehead atoms. The molecule has 1 N–H and O–H groups in total. The molecular formula is C15H18Cl2FN3. The quantitative estimate of drug-likeness (QED) is 0.892. The molecule has 0 fully saturated rings. The lowest BCUT2D eigenvalue weighted by molar-refractivity contribution is 0.510. The molecule has 0 spiro atoms. The van der Waals surface area contributed by atoms with Gasteiger partial charge in [-0.1, -0.05) is 29.3 Å². The molecule has 0 radical (unpaired) electrons. The molecule has 1 heterocycles. The minimum atomic E-state index is -0.322. The van der Waals surface area contributed by atoms with Crippen LogP contribution in [0.3, 0.4) is 0 Å². The largest absolute Gasteiger partial charge is 0.313 e. The van der Waals surface area contributed by atoms with Gasteiger partial charge in [0.05, 0.1) is 16.4 Å². The summed E-state index contributed by atoms with van der Waals surface area (Å²) in [4.78, 5) is 0. The summed E-state index contributed by atoms with van der Waals surface area (Å²) in [5.41, 5.74) is 2.12. The Hall–Kier alpha value is -1.10. The van der Waals surface area contributed by atoms with E-state index in [0.717, 1.165) is 11.4 Å². The molecule has 0 amide bonds. The van der Waals surface area contributed by atoms with Gasteiger partial charge < -0.3 is 5.32 Å². The van der Waals surface area contributed by atoms with E-state index in [4.69, 9.17) is 23.2 Å². The maximum absolute atomic E-state index is 14.1. The smallest absolute Gasteiger partial charge is 0.129 e. The first-order valence-electron chi connectivity index (χ1n) is 6.82. The Morgan fingerprint density at radius 2 is 2.10 bits per heavy atom. The van der Waals surface area contributed by atoms with Gasteiger partial charge in [0.15, 0.2) is 0 Å². The van der Waals surface area contributed by atoms with Gasteiger partial charge in [-0.3, -0.25) is 4.68 Å². The highest BCUT2D eigenvalue weighted by Crippen LogP contribution is 2.31. The second kappa shape index (κ2) is 6.77. The van der Waals surface area contributed by atoms with Crippen LogP contribution in [0.15, 0.2) is 18.2 Å². The highest BCUT2D eigenvalue weighted by atomic mass is 35.5. The maximum Gasteiger partial charge on any atom is 0.129 e. The van der Waals surface area contributed by atoms with Crippen molar-refractivity contribution in [1.82, 2.24) is 15.1 Å². The number of halogens is 3. The molecule has 0 saturated carbocycles. The van der Waals surface area contributed by atoms with Crippen molar-refractivity contribution in [3.05, 3.63) is 51.0 Å². The van der Waals surface area contributed by atoms with Crippen LogP contribution in [0.25, 0.3) is 0 Å². The molecular weight excluding hydrogens is 312 g/mol. The van der Waals surface area contributed by atoms with Crippen LogP contribution in [-0.4, -0.2) is 16.8 Å². The van der Waals surface area contributed by atoms with Gasteiger partial charge in [0.2, 0.25) is 0 Å². The number of rotatable bonds is 5. The molecule has 0 aliphatic rings. The van der Waals surface area contributed by atoms with Gasteiger partial charge in [-0.15, -0.1) is 0 Å². The van der Waals surface area contributed by atoms with E-state index < -0.39 is 0 Å². The first kappa shape index (κ1) is 16.3. The minimum absolute atomic E-state index is 0.266. The van der Waals surface area contributed by atoms with E-state index in [2.05, 4.69) is 10.4 Å². The van der Waals surface area contributed by atoms with E-state index in [-0.39, 0.29) is 11.9 Å². The second-order valence-corrected chi connectivity index (χ2v) is 5.63. The highest BCUT2D eigenvalue weighted by Gasteiger charge is 2.22. The zero-order valence-electron chi connectivity index (χ0n) is 12.3. The van der Waals surface area contributed by atoms with E-state index >= 15 is 0 Å². The number of aromatic nitrogens is 2. The Balaban J connectivity index is 2.41. The van der Waals surface area contributed by atoms with Crippen LogP contribution in [0.2, 0.25) is 10.0 Å². The number of nitrogens with one attached hydrogen (secondary N) is 1. The summed E-state index contributed by atoms with van der Waals surface area (Å²) in [6.45, 7) is 4.57. The van der Waals surface area contributed by atoms with E-state index in [1.54, 1.807) is 19.2 Å². The van der Waals surface area contributed by atoms with E-state index in [9.17, 15) is 4.39 Å². The summed E-state index contributed by atoms with van der Waals surface area (Å²) >= 11 is 12.5. The average Bonchev–Trinajstić information content (AvgIpc) is 2.73. The molecule has 6 heteroatoms. The topological polar surface area (TPSA) is 29.9 Å². The summed E-state index contributed by atoms with van der Waals surface area (Å²) in [7, 11) is 1.78. The standard InChI is InChI=1S/C15H18Cl2FN3/c1-4-21-13(15(17)9(2)20-21)8-12(19-3)14-10(16)6-5-7-11(14)18/h5-7,12,19H,4,8H2,1-3H3. The number of likely N-dealkylation sites (N-methyl/N-ethyl adjacent to an activating group) is 1. The Morgan fingerprint density at radius 1 is 1.38 bits per heavy atom. The van der Waals surface area contributed by atoms with Crippen LogP contribution < -0.4 is 5.32 Å². The third-order valence-electron chi connectivity index (χ3n) is 3.55. The van der Waals surface area contributed by atoms with Crippen LogP contribution in [-0.2, 0) is 13.0 Å². The molecule has 0 aliphatic heterocycles. The van der Waals surface area contributed by atoms with Gasteiger partial charge in [0, 0.05) is 29.6 Å². The molecule has 2 aromatic rings. The fourth-order valence-electron chi connectivity index (χ4n) is 2.45. The summed E-state index contributed by atoms with van der Waals surface area (Å²) in [6.07, 6.45) is 0.519. The van der Waals surface area contributed by atoms with Crippen LogP contribution in [0, 0.1) is 12.7 Å². The Labute approximate surface area is 134 Å². The van der Waals surface area contributed by atoms with Gasteiger partial charge in [0.25, 0.3) is 0 Å². The molecule has 21 heavy (non-hydrogen) atoms. The molecule has 2 rings (SSSR count). The summed E-state index contributed by atoms with van der Waals surface area (Å²) in [5.74, 6) is -0.322. The van der Waals surface area contributed by atoms with Crippen molar-refractivity contribution < 1.29 is 4.39 Å². The number of hydrogen-bond donors (Lipinski definition) is 1. The van der Waals surface area contributed by atoms with E-state index in [1.165, 1.54) is 6.07 Å². The molecule has 0 saturated heterocycles. The summed E-state index contributed by atoms with van der Waals surface area (Å²) < 4.78 is 15.9. The maximum atomic E-state index is 14.1. The molecule has 1 unspecified atom stereocenters. The first-order chi connectivity index (χ1) is 9.99. The normalized spacial score (nSPS) is 12.7. The van der Waals surface area contributed by atoms with Gasteiger partial charge in [-0.05, 0) is 33.0 Å². The van der Waals surface area contributed by atoms with E-state index in [1.807, 2.05) is 18.5 Å². The Morgan fingerprint density at radius 3 is 2.67 bits per heavy atom. The van der Waals surface area contributed by atoms with Crippen molar-refractivity contribution in [2.24, 2.45) is 0 Å². The lowest BCUT2D eigenvalue weighted by Crippen LogP contribution is -2.22.